The third-order valence-corrected chi connectivity index (χ3v) is 5.56. The molecule has 0 fully saturated rings. The molecule has 6 heteroatoms. The Morgan fingerprint density at radius 2 is 1.96 bits per heavy atom. The van der Waals surface area contributed by atoms with Crippen molar-refractivity contribution in [3.05, 3.63) is 47.4 Å². The maximum Gasteiger partial charge on any atom is 0.237 e. The van der Waals surface area contributed by atoms with Crippen LogP contribution < -0.4 is 0 Å². The highest BCUT2D eigenvalue weighted by molar-refractivity contribution is 7.99. The quantitative estimate of drug-likeness (QED) is 0.712. The summed E-state index contributed by atoms with van der Waals surface area (Å²) in [6, 6.07) is 8.26. The molecule has 0 radical (unpaired) electrons. The van der Waals surface area contributed by atoms with Gasteiger partial charge >= 0.3 is 0 Å². The molecule has 1 amide bonds. The van der Waals surface area contributed by atoms with Crippen molar-refractivity contribution >= 4 is 17.7 Å². The number of benzene rings is 1. The van der Waals surface area contributed by atoms with E-state index < -0.39 is 0 Å². The van der Waals surface area contributed by atoms with Crippen LogP contribution in [0.3, 0.4) is 0 Å². The number of rotatable bonds is 6. The summed E-state index contributed by atoms with van der Waals surface area (Å²) in [7, 11) is 0. The lowest BCUT2D eigenvalue weighted by Crippen LogP contribution is -2.32. The van der Waals surface area contributed by atoms with Crippen LogP contribution in [0.5, 0.6) is 0 Å². The predicted molar refractivity (Wildman–Crippen MR) is 105 cm³/mol. The topological polar surface area (TPSA) is 51.0 Å². The third kappa shape index (κ3) is 4.18. The van der Waals surface area contributed by atoms with Crippen molar-refractivity contribution in [1.29, 1.82) is 0 Å². The molecule has 26 heavy (non-hydrogen) atoms. The highest BCUT2D eigenvalue weighted by atomic mass is 32.2. The molecule has 0 atom stereocenters. The van der Waals surface area contributed by atoms with Crippen LogP contribution in [-0.2, 0) is 4.79 Å². The number of hydrogen-bond donors (Lipinski definition) is 0. The number of amides is 1. The molecule has 0 saturated heterocycles. The van der Waals surface area contributed by atoms with Crippen LogP contribution in [0.25, 0.3) is 5.69 Å². The van der Waals surface area contributed by atoms with Crippen molar-refractivity contribution in [2.24, 2.45) is 0 Å². The van der Waals surface area contributed by atoms with Crippen molar-refractivity contribution in [2.75, 3.05) is 12.3 Å². The van der Waals surface area contributed by atoms with Gasteiger partial charge in [0.15, 0.2) is 5.16 Å². The summed E-state index contributed by atoms with van der Waals surface area (Å²) in [5, 5.41) is 9.24. The van der Waals surface area contributed by atoms with E-state index in [0.717, 1.165) is 36.1 Å². The Bertz CT molecular complexity index is 795. The summed E-state index contributed by atoms with van der Waals surface area (Å²) in [6.07, 6.45) is 6.69. The van der Waals surface area contributed by atoms with E-state index in [1.54, 1.807) is 0 Å². The van der Waals surface area contributed by atoms with E-state index in [4.69, 9.17) is 0 Å². The zero-order valence-corrected chi connectivity index (χ0v) is 16.6. The largest absolute Gasteiger partial charge is 0.316 e. The Kier molecular flexibility index (Phi) is 6.14. The number of allylic oxidation sites excluding steroid dienone is 2. The Labute approximate surface area is 159 Å². The lowest BCUT2D eigenvalue weighted by Gasteiger charge is -2.26. The standard InChI is InChI=1S/C20H26N4OS/c1-4-23(17-8-6-5-7-9-17)19(25)14-26-20-22-21-16(3)24(20)18-12-10-15(2)11-13-18/h8,10-13H,4-7,9,14H2,1-3H3. The van der Waals surface area contributed by atoms with Gasteiger partial charge in [-0.15, -0.1) is 10.2 Å². The van der Waals surface area contributed by atoms with E-state index in [1.165, 1.54) is 35.9 Å². The molecule has 1 aromatic heterocycles. The molecule has 0 unspecified atom stereocenters. The van der Waals surface area contributed by atoms with Gasteiger partial charge < -0.3 is 4.90 Å². The summed E-state index contributed by atoms with van der Waals surface area (Å²) in [4.78, 5) is 14.7. The third-order valence-electron chi connectivity index (χ3n) is 4.64. The Morgan fingerprint density at radius 3 is 2.62 bits per heavy atom. The van der Waals surface area contributed by atoms with E-state index in [9.17, 15) is 4.79 Å². The number of carbonyl (C=O) groups is 1. The fourth-order valence-corrected chi connectivity index (χ4v) is 4.11. The predicted octanol–water partition coefficient (Wildman–Crippen LogP) is 4.28. The van der Waals surface area contributed by atoms with Crippen LogP contribution >= 0.6 is 11.8 Å². The van der Waals surface area contributed by atoms with Crippen LogP contribution in [0, 0.1) is 13.8 Å². The smallest absolute Gasteiger partial charge is 0.237 e. The van der Waals surface area contributed by atoms with Gasteiger partial charge in [0, 0.05) is 17.9 Å². The van der Waals surface area contributed by atoms with Gasteiger partial charge in [-0.1, -0.05) is 35.5 Å². The molecule has 3 rings (SSSR count). The van der Waals surface area contributed by atoms with Gasteiger partial charge in [0.2, 0.25) is 5.91 Å². The zero-order valence-electron chi connectivity index (χ0n) is 15.7. The number of carbonyl (C=O) groups excluding carboxylic acids is 1. The lowest BCUT2D eigenvalue weighted by molar-refractivity contribution is -0.126. The number of aryl methyl sites for hydroxylation is 2. The fourth-order valence-electron chi connectivity index (χ4n) is 3.24. The van der Waals surface area contributed by atoms with Gasteiger partial charge in [-0.2, -0.15) is 0 Å². The molecule has 5 nitrogen and oxygen atoms in total. The second-order valence-corrected chi connectivity index (χ2v) is 7.51. The number of nitrogens with zero attached hydrogens (tertiary/aromatic N) is 4. The molecule has 2 aromatic rings. The van der Waals surface area contributed by atoms with E-state index in [1.807, 2.05) is 23.3 Å². The zero-order chi connectivity index (χ0) is 18.5. The number of hydrogen-bond acceptors (Lipinski definition) is 4. The molecule has 1 aromatic carbocycles. The first kappa shape index (κ1) is 18.7. The lowest BCUT2D eigenvalue weighted by atomic mass is 10.0. The molecular formula is C20H26N4OS. The average molecular weight is 371 g/mol. The maximum atomic E-state index is 12.8. The molecule has 0 spiro atoms. The molecule has 0 aliphatic heterocycles. The molecule has 0 N–H and O–H groups in total. The first-order valence-electron chi connectivity index (χ1n) is 9.21. The monoisotopic (exact) mass is 370 g/mol. The Hall–Kier alpha value is -2.08. The van der Waals surface area contributed by atoms with Crippen LogP contribution in [0.1, 0.15) is 44.0 Å². The van der Waals surface area contributed by atoms with Crippen LogP contribution in [-0.4, -0.2) is 37.9 Å². The Morgan fingerprint density at radius 1 is 1.19 bits per heavy atom. The fraction of sp³-hybridized carbons (Fsp3) is 0.450. The summed E-state index contributed by atoms with van der Waals surface area (Å²) in [5.41, 5.74) is 3.42. The van der Waals surface area contributed by atoms with Gasteiger partial charge in [-0.05, 0) is 58.6 Å². The van der Waals surface area contributed by atoms with Gasteiger partial charge in [-0.25, -0.2) is 0 Å². The van der Waals surface area contributed by atoms with E-state index in [2.05, 4.69) is 47.5 Å². The SMILES string of the molecule is CCN(C(=O)CSc1nnc(C)n1-c1ccc(C)cc1)C1=CCCCC1. The van der Waals surface area contributed by atoms with E-state index in [0.29, 0.717) is 5.75 Å². The van der Waals surface area contributed by atoms with Crippen molar-refractivity contribution in [3.8, 4) is 5.69 Å². The van der Waals surface area contributed by atoms with E-state index in [-0.39, 0.29) is 5.91 Å². The molecule has 0 saturated carbocycles. The van der Waals surface area contributed by atoms with Gasteiger partial charge in [0.1, 0.15) is 5.82 Å². The molecule has 138 valence electrons. The minimum absolute atomic E-state index is 0.141. The maximum absolute atomic E-state index is 12.8. The van der Waals surface area contributed by atoms with Crippen molar-refractivity contribution < 1.29 is 4.79 Å². The first-order valence-corrected chi connectivity index (χ1v) is 10.2. The Balaban J connectivity index is 1.72. The molecular weight excluding hydrogens is 344 g/mol. The van der Waals surface area contributed by atoms with Gasteiger partial charge in [-0.3, -0.25) is 9.36 Å². The summed E-state index contributed by atoms with van der Waals surface area (Å²) >= 11 is 1.45. The minimum Gasteiger partial charge on any atom is -0.316 e. The van der Waals surface area contributed by atoms with Gasteiger partial charge in [0.05, 0.1) is 5.75 Å². The molecule has 1 aliphatic carbocycles. The highest BCUT2D eigenvalue weighted by Gasteiger charge is 2.20. The van der Waals surface area contributed by atoms with Crippen molar-refractivity contribution in [3.63, 3.8) is 0 Å². The second kappa shape index (κ2) is 8.54. The molecule has 1 aliphatic rings. The highest BCUT2D eigenvalue weighted by Crippen LogP contribution is 2.25. The van der Waals surface area contributed by atoms with Gasteiger partial charge in [0.25, 0.3) is 0 Å². The minimum atomic E-state index is 0.141. The normalized spacial score (nSPS) is 14.2. The summed E-state index contributed by atoms with van der Waals surface area (Å²) < 4.78 is 2.01. The summed E-state index contributed by atoms with van der Waals surface area (Å²) in [5.74, 6) is 1.34. The molecule has 0 bridgehead atoms. The van der Waals surface area contributed by atoms with Crippen LogP contribution in [0.2, 0.25) is 0 Å². The average Bonchev–Trinajstić information content (AvgIpc) is 3.03. The second-order valence-electron chi connectivity index (χ2n) is 6.57. The van der Waals surface area contributed by atoms with Crippen LogP contribution in [0.15, 0.2) is 41.2 Å². The molecule has 1 heterocycles. The van der Waals surface area contributed by atoms with E-state index >= 15 is 0 Å². The van der Waals surface area contributed by atoms with Crippen LogP contribution in [0.4, 0.5) is 0 Å². The van der Waals surface area contributed by atoms with Crippen molar-refractivity contribution in [1.82, 2.24) is 19.7 Å². The number of aromatic nitrogens is 3. The number of thioether (sulfide) groups is 1. The summed E-state index contributed by atoms with van der Waals surface area (Å²) in [6.45, 7) is 6.76. The first-order chi connectivity index (χ1) is 12.6. The van der Waals surface area contributed by atoms with Crippen molar-refractivity contribution in [2.45, 2.75) is 51.6 Å².